The van der Waals surface area contributed by atoms with Crippen molar-refractivity contribution in [1.82, 2.24) is 20.9 Å². The highest BCUT2D eigenvalue weighted by Gasteiger charge is 2.48. The molecule has 10 nitrogen and oxygen atoms in total. The number of ketones is 1. The topological polar surface area (TPSA) is 134 Å². The van der Waals surface area contributed by atoms with E-state index in [1.807, 2.05) is 34.6 Å². The van der Waals surface area contributed by atoms with E-state index < -0.39 is 52.8 Å². The van der Waals surface area contributed by atoms with Gasteiger partial charge in [-0.25, -0.2) is 4.79 Å². The SMILES string of the molecule is C=CCNC(=O)C(=O)C(CC1CC1)NC(=O)[C@@H]1[C@@H](C(C)C)CCN1C(=O)[C@@H](NC(=O)OC(C)(C)C)C(C)(C)C. The summed E-state index contributed by atoms with van der Waals surface area (Å²) in [5, 5.41) is 8.04. The Kier molecular flexibility index (Phi) is 10.7. The van der Waals surface area contributed by atoms with Crippen LogP contribution in [0.3, 0.4) is 0 Å². The lowest BCUT2D eigenvalue weighted by atomic mass is 9.84. The van der Waals surface area contributed by atoms with Gasteiger partial charge in [0.2, 0.25) is 17.6 Å². The molecule has 4 atom stereocenters. The highest BCUT2D eigenvalue weighted by Crippen LogP contribution is 2.35. The molecule has 0 aromatic heterocycles. The molecule has 1 aliphatic carbocycles. The molecule has 0 spiro atoms. The summed E-state index contributed by atoms with van der Waals surface area (Å²) in [6.07, 6.45) is 3.64. The minimum absolute atomic E-state index is 0.0823. The Hall–Kier alpha value is -2.91. The molecule has 2 rings (SSSR count). The smallest absolute Gasteiger partial charge is 0.408 e. The molecule has 2 aliphatic rings. The predicted molar refractivity (Wildman–Crippen MR) is 149 cm³/mol. The first-order valence-electron chi connectivity index (χ1n) is 14.0. The van der Waals surface area contributed by atoms with Crippen LogP contribution < -0.4 is 16.0 Å². The molecule has 39 heavy (non-hydrogen) atoms. The number of ether oxygens (including phenoxy) is 1. The Morgan fingerprint density at radius 3 is 2.10 bits per heavy atom. The van der Waals surface area contributed by atoms with Gasteiger partial charge in [-0.15, -0.1) is 6.58 Å². The van der Waals surface area contributed by atoms with E-state index in [1.165, 1.54) is 11.0 Å². The van der Waals surface area contributed by atoms with Gasteiger partial charge in [0.05, 0.1) is 6.04 Å². The maximum atomic E-state index is 13.9. The van der Waals surface area contributed by atoms with Crippen molar-refractivity contribution >= 4 is 29.6 Å². The average molecular weight is 549 g/mol. The molecule has 1 saturated carbocycles. The maximum Gasteiger partial charge on any atom is 0.408 e. The molecule has 1 unspecified atom stereocenters. The van der Waals surface area contributed by atoms with Crippen LogP contribution in [0.25, 0.3) is 0 Å². The Morgan fingerprint density at radius 1 is 1.00 bits per heavy atom. The van der Waals surface area contributed by atoms with Crippen LogP contribution in [0.15, 0.2) is 12.7 Å². The summed E-state index contributed by atoms with van der Waals surface area (Å²) in [5.74, 6) is -2.10. The molecular weight excluding hydrogens is 500 g/mol. The van der Waals surface area contributed by atoms with Crippen LogP contribution in [0.5, 0.6) is 0 Å². The first-order chi connectivity index (χ1) is 18.0. The minimum atomic E-state index is -0.974. The van der Waals surface area contributed by atoms with Gasteiger partial charge >= 0.3 is 6.09 Å². The van der Waals surface area contributed by atoms with E-state index >= 15 is 0 Å². The van der Waals surface area contributed by atoms with Crippen molar-refractivity contribution in [3.05, 3.63) is 12.7 Å². The van der Waals surface area contributed by atoms with Gasteiger partial charge in [-0.05, 0) is 56.8 Å². The number of hydrogen-bond donors (Lipinski definition) is 3. The van der Waals surface area contributed by atoms with Gasteiger partial charge in [-0.3, -0.25) is 19.2 Å². The summed E-state index contributed by atoms with van der Waals surface area (Å²) in [6, 6.07) is -2.76. The quantitative estimate of drug-likeness (QED) is 0.269. The number of Topliss-reactive ketones (excluding diaryl/α,β-unsaturated/α-hetero) is 1. The number of likely N-dealkylation sites (tertiary alicyclic amines) is 1. The number of amides is 4. The number of rotatable bonds is 11. The van der Waals surface area contributed by atoms with E-state index in [1.54, 1.807) is 20.8 Å². The van der Waals surface area contributed by atoms with Crippen LogP contribution in [-0.4, -0.2) is 71.3 Å². The molecule has 2 fully saturated rings. The lowest BCUT2D eigenvalue weighted by molar-refractivity contribution is -0.145. The number of carbonyl (C=O) groups excluding carboxylic acids is 5. The zero-order valence-corrected chi connectivity index (χ0v) is 24.9. The van der Waals surface area contributed by atoms with Gasteiger partial charge < -0.3 is 25.6 Å². The highest BCUT2D eigenvalue weighted by atomic mass is 16.6. The second-order valence-corrected chi connectivity index (χ2v) is 13.2. The average Bonchev–Trinajstić information content (AvgIpc) is 3.50. The number of nitrogens with zero attached hydrogens (tertiary/aromatic N) is 1. The normalized spacial score (nSPS) is 21.1. The first-order valence-corrected chi connectivity index (χ1v) is 14.0. The van der Waals surface area contributed by atoms with E-state index in [0.717, 1.165) is 12.8 Å². The second kappa shape index (κ2) is 13.0. The molecule has 3 N–H and O–H groups in total. The lowest BCUT2D eigenvalue weighted by Gasteiger charge is -2.37. The third-order valence-electron chi connectivity index (χ3n) is 7.16. The molecule has 220 valence electrons. The Morgan fingerprint density at radius 2 is 1.62 bits per heavy atom. The number of hydrogen-bond acceptors (Lipinski definition) is 6. The first kappa shape index (κ1) is 32.3. The van der Waals surface area contributed by atoms with E-state index in [9.17, 15) is 24.0 Å². The van der Waals surface area contributed by atoms with Crippen LogP contribution in [-0.2, 0) is 23.9 Å². The summed E-state index contributed by atoms with van der Waals surface area (Å²) in [5.41, 5.74) is -1.41. The molecule has 1 saturated heterocycles. The van der Waals surface area contributed by atoms with E-state index in [-0.39, 0.29) is 30.2 Å². The maximum absolute atomic E-state index is 13.9. The molecule has 1 heterocycles. The van der Waals surface area contributed by atoms with Gasteiger partial charge in [0.1, 0.15) is 17.7 Å². The van der Waals surface area contributed by atoms with Crippen molar-refractivity contribution in [2.45, 2.75) is 105 Å². The van der Waals surface area contributed by atoms with Gasteiger partial charge in [0, 0.05) is 13.1 Å². The summed E-state index contributed by atoms with van der Waals surface area (Å²) in [4.78, 5) is 67.3. The standard InChI is InChI=1S/C29H48N4O6/c1-10-14-30-25(36)22(34)20(16-18-11-12-18)31-24(35)21-19(17(2)3)13-15-33(21)26(37)23(28(4,5)6)32-27(38)39-29(7,8)9/h10,17-21,23H,1,11-16H2,2-9H3,(H,30,36)(H,31,35)(H,32,38)/t19-,20?,21+,23-/m1/s1. The largest absolute Gasteiger partial charge is 0.444 e. The second-order valence-electron chi connectivity index (χ2n) is 13.2. The van der Waals surface area contributed by atoms with Crippen molar-refractivity contribution in [2.75, 3.05) is 13.1 Å². The third kappa shape index (κ3) is 9.35. The molecule has 1 aliphatic heterocycles. The molecule has 0 aromatic rings. The molecule has 0 bridgehead atoms. The number of carbonyl (C=O) groups is 5. The summed E-state index contributed by atoms with van der Waals surface area (Å²) >= 11 is 0. The summed E-state index contributed by atoms with van der Waals surface area (Å²) in [6.45, 7) is 18.8. The van der Waals surface area contributed by atoms with Gasteiger partial charge in [0.15, 0.2) is 0 Å². The molecule has 0 radical (unpaired) electrons. The molecule has 4 amide bonds. The van der Waals surface area contributed by atoms with Crippen LogP contribution in [0, 0.1) is 23.2 Å². The van der Waals surface area contributed by atoms with Crippen LogP contribution in [0.4, 0.5) is 4.79 Å². The lowest BCUT2D eigenvalue weighted by Crippen LogP contribution is -2.60. The minimum Gasteiger partial charge on any atom is -0.444 e. The van der Waals surface area contributed by atoms with Crippen molar-refractivity contribution < 1.29 is 28.7 Å². The van der Waals surface area contributed by atoms with E-state index in [0.29, 0.717) is 19.4 Å². The summed E-state index contributed by atoms with van der Waals surface area (Å²) < 4.78 is 5.40. The fraction of sp³-hybridized carbons (Fsp3) is 0.759. The van der Waals surface area contributed by atoms with Crippen molar-refractivity contribution in [2.24, 2.45) is 23.2 Å². The molecule has 0 aromatic carbocycles. The van der Waals surface area contributed by atoms with Crippen molar-refractivity contribution in [1.29, 1.82) is 0 Å². The predicted octanol–water partition coefficient (Wildman–Crippen LogP) is 2.96. The zero-order valence-electron chi connectivity index (χ0n) is 24.9. The van der Waals surface area contributed by atoms with Crippen molar-refractivity contribution in [3.63, 3.8) is 0 Å². The molecule has 10 heteroatoms. The Labute approximate surface area is 233 Å². The number of alkyl carbamates (subject to hydrolysis) is 1. The van der Waals surface area contributed by atoms with Gasteiger partial charge in [-0.1, -0.05) is 53.5 Å². The van der Waals surface area contributed by atoms with Crippen LogP contribution in [0.2, 0.25) is 0 Å². The third-order valence-corrected chi connectivity index (χ3v) is 7.16. The zero-order chi connectivity index (χ0) is 29.7. The fourth-order valence-corrected chi connectivity index (χ4v) is 4.92. The van der Waals surface area contributed by atoms with Crippen LogP contribution >= 0.6 is 0 Å². The van der Waals surface area contributed by atoms with E-state index in [4.69, 9.17) is 4.74 Å². The highest BCUT2D eigenvalue weighted by molar-refractivity contribution is 6.38. The van der Waals surface area contributed by atoms with Gasteiger partial charge in [-0.2, -0.15) is 0 Å². The van der Waals surface area contributed by atoms with E-state index in [2.05, 4.69) is 22.5 Å². The Bertz CT molecular complexity index is 944. The fourth-order valence-electron chi connectivity index (χ4n) is 4.92. The Balaban J connectivity index is 2.31. The van der Waals surface area contributed by atoms with Crippen LogP contribution in [0.1, 0.15) is 81.1 Å². The van der Waals surface area contributed by atoms with Crippen molar-refractivity contribution in [3.8, 4) is 0 Å². The number of nitrogens with one attached hydrogen (secondary N) is 3. The van der Waals surface area contributed by atoms with Gasteiger partial charge in [0.25, 0.3) is 5.91 Å². The summed E-state index contributed by atoms with van der Waals surface area (Å²) in [7, 11) is 0. The molecular formula is C29H48N4O6. The monoisotopic (exact) mass is 548 g/mol.